The lowest BCUT2D eigenvalue weighted by Crippen LogP contribution is -2.40. The zero-order chi connectivity index (χ0) is 17.2. The molecule has 0 unspecified atom stereocenters. The van der Waals surface area contributed by atoms with Crippen LogP contribution < -0.4 is 10.6 Å². The molecular formula is C19H32FIN4. The van der Waals surface area contributed by atoms with Gasteiger partial charge in [-0.3, -0.25) is 4.99 Å². The van der Waals surface area contributed by atoms with Gasteiger partial charge < -0.3 is 15.5 Å². The molecule has 0 spiro atoms. The van der Waals surface area contributed by atoms with Gasteiger partial charge in [0, 0.05) is 20.1 Å². The van der Waals surface area contributed by atoms with Crippen molar-refractivity contribution in [2.75, 3.05) is 39.8 Å². The lowest BCUT2D eigenvalue weighted by Gasteiger charge is -2.31. The molecule has 2 N–H and O–H groups in total. The zero-order valence-electron chi connectivity index (χ0n) is 15.4. The van der Waals surface area contributed by atoms with Crippen molar-refractivity contribution >= 4 is 29.9 Å². The Bertz CT molecular complexity index is 516. The largest absolute Gasteiger partial charge is 0.356 e. The number of hydrogen-bond donors (Lipinski definition) is 2. The van der Waals surface area contributed by atoms with Gasteiger partial charge in [-0.2, -0.15) is 0 Å². The molecule has 1 aliphatic rings. The summed E-state index contributed by atoms with van der Waals surface area (Å²) in [6.07, 6.45) is 4.44. The van der Waals surface area contributed by atoms with E-state index in [9.17, 15) is 4.39 Å². The molecule has 0 bridgehead atoms. The van der Waals surface area contributed by atoms with E-state index in [1.54, 1.807) is 13.1 Å². The highest BCUT2D eigenvalue weighted by Crippen LogP contribution is 2.19. The van der Waals surface area contributed by atoms with E-state index in [0.29, 0.717) is 13.0 Å². The highest BCUT2D eigenvalue weighted by Gasteiger charge is 2.17. The van der Waals surface area contributed by atoms with E-state index >= 15 is 0 Å². The first kappa shape index (κ1) is 22.2. The maximum absolute atomic E-state index is 13.6. The molecule has 142 valence electrons. The van der Waals surface area contributed by atoms with Crippen LogP contribution in [0.5, 0.6) is 0 Å². The molecule has 0 aliphatic carbocycles. The molecule has 0 aromatic heterocycles. The quantitative estimate of drug-likeness (QED) is 0.371. The third kappa shape index (κ3) is 7.90. The Morgan fingerprint density at radius 3 is 2.52 bits per heavy atom. The molecule has 4 nitrogen and oxygen atoms in total. The van der Waals surface area contributed by atoms with Crippen molar-refractivity contribution in [2.24, 2.45) is 10.9 Å². The number of likely N-dealkylation sites (tertiary alicyclic amines) is 1. The minimum absolute atomic E-state index is 0. The summed E-state index contributed by atoms with van der Waals surface area (Å²) in [5.74, 6) is 1.48. The Labute approximate surface area is 168 Å². The van der Waals surface area contributed by atoms with Gasteiger partial charge in [0.1, 0.15) is 5.82 Å². The number of benzene rings is 1. The van der Waals surface area contributed by atoms with Gasteiger partial charge in [0.05, 0.1) is 0 Å². The Kier molecular flexibility index (Phi) is 11.0. The number of halogens is 2. The molecule has 0 radical (unpaired) electrons. The van der Waals surface area contributed by atoms with Crippen LogP contribution in [-0.4, -0.2) is 50.6 Å². The van der Waals surface area contributed by atoms with Crippen molar-refractivity contribution in [3.8, 4) is 0 Å². The van der Waals surface area contributed by atoms with E-state index < -0.39 is 0 Å². The van der Waals surface area contributed by atoms with Crippen molar-refractivity contribution in [1.29, 1.82) is 0 Å². The smallest absolute Gasteiger partial charge is 0.190 e. The van der Waals surface area contributed by atoms with E-state index in [1.807, 2.05) is 12.1 Å². The molecular weight excluding hydrogens is 430 g/mol. The first-order chi connectivity index (χ1) is 11.7. The number of nitrogens with one attached hydrogen (secondary N) is 2. The molecule has 1 aromatic rings. The average Bonchev–Trinajstić information content (AvgIpc) is 2.62. The molecule has 2 rings (SSSR count). The molecule has 0 atom stereocenters. The summed E-state index contributed by atoms with van der Waals surface area (Å²) in [6, 6.07) is 6.93. The lowest BCUT2D eigenvalue weighted by molar-refractivity contribution is 0.187. The molecule has 1 heterocycles. The first-order valence-corrected chi connectivity index (χ1v) is 9.13. The predicted octanol–water partition coefficient (Wildman–Crippen LogP) is 3.27. The second-order valence-corrected chi connectivity index (χ2v) is 6.43. The van der Waals surface area contributed by atoms with Crippen LogP contribution in [0.1, 0.15) is 31.7 Å². The fourth-order valence-electron chi connectivity index (χ4n) is 3.22. The maximum Gasteiger partial charge on any atom is 0.190 e. The van der Waals surface area contributed by atoms with E-state index in [1.165, 1.54) is 45.0 Å². The summed E-state index contributed by atoms with van der Waals surface area (Å²) in [5.41, 5.74) is 0.739. The molecule has 0 amide bonds. The fraction of sp³-hybridized carbons (Fsp3) is 0.632. The highest BCUT2D eigenvalue weighted by molar-refractivity contribution is 14.0. The van der Waals surface area contributed by atoms with Gasteiger partial charge in [0.2, 0.25) is 0 Å². The second kappa shape index (κ2) is 12.5. The third-order valence-electron chi connectivity index (χ3n) is 4.87. The first-order valence-electron chi connectivity index (χ1n) is 9.13. The second-order valence-electron chi connectivity index (χ2n) is 6.43. The standard InChI is InChI=1S/C19H31FN4.HI/c1-3-24-14-10-16(11-15-24)8-12-22-19(21-2)23-13-9-17-6-4-5-7-18(17)20;/h4-7,16H,3,8-15H2,1-2H3,(H2,21,22,23);1H. The molecule has 1 aromatic carbocycles. The van der Waals surface area contributed by atoms with Crippen LogP contribution in [-0.2, 0) is 6.42 Å². The van der Waals surface area contributed by atoms with Crippen molar-refractivity contribution in [1.82, 2.24) is 15.5 Å². The molecule has 25 heavy (non-hydrogen) atoms. The maximum atomic E-state index is 13.6. The van der Waals surface area contributed by atoms with Crippen LogP contribution in [0.25, 0.3) is 0 Å². The van der Waals surface area contributed by atoms with Gasteiger partial charge in [0.25, 0.3) is 0 Å². The number of rotatable bonds is 7. The molecule has 0 saturated carbocycles. The SMILES string of the molecule is CCN1CCC(CCNC(=NC)NCCc2ccccc2F)CC1.I. The Hall–Kier alpha value is -0.890. The van der Waals surface area contributed by atoms with Crippen LogP contribution in [0.4, 0.5) is 4.39 Å². The Balaban J connectivity index is 0.00000312. The third-order valence-corrected chi connectivity index (χ3v) is 4.87. The van der Waals surface area contributed by atoms with Crippen LogP contribution in [0.15, 0.2) is 29.3 Å². The summed E-state index contributed by atoms with van der Waals surface area (Å²) in [5, 5.41) is 6.64. The topological polar surface area (TPSA) is 39.7 Å². The van der Waals surface area contributed by atoms with Crippen molar-refractivity contribution in [2.45, 2.75) is 32.6 Å². The summed E-state index contributed by atoms with van der Waals surface area (Å²) in [6.45, 7) is 7.49. The van der Waals surface area contributed by atoms with Crippen molar-refractivity contribution < 1.29 is 4.39 Å². The minimum atomic E-state index is -0.138. The van der Waals surface area contributed by atoms with Gasteiger partial charge in [-0.15, -0.1) is 24.0 Å². The van der Waals surface area contributed by atoms with Gasteiger partial charge in [-0.1, -0.05) is 25.1 Å². The normalized spacial score (nSPS) is 16.4. The van der Waals surface area contributed by atoms with E-state index in [2.05, 4.69) is 27.4 Å². The average molecular weight is 462 g/mol. The van der Waals surface area contributed by atoms with Gasteiger partial charge in [-0.25, -0.2) is 4.39 Å². The van der Waals surface area contributed by atoms with Gasteiger partial charge in [-0.05, 0) is 62.9 Å². The van der Waals surface area contributed by atoms with E-state index in [4.69, 9.17) is 0 Å². The number of nitrogens with zero attached hydrogens (tertiary/aromatic N) is 2. The fourth-order valence-corrected chi connectivity index (χ4v) is 3.22. The van der Waals surface area contributed by atoms with Crippen LogP contribution >= 0.6 is 24.0 Å². The van der Waals surface area contributed by atoms with Crippen LogP contribution in [0.2, 0.25) is 0 Å². The molecule has 1 aliphatic heterocycles. The Morgan fingerprint density at radius 1 is 1.20 bits per heavy atom. The Morgan fingerprint density at radius 2 is 1.88 bits per heavy atom. The summed E-state index contributed by atoms with van der Waals surface area (Å²) in [4.78, 5) is 6.76. The van der Waals surface area contributed by atoms with Gasteiger partial charge in [0.15, 0.2) is 5.96 Å². The zero-order valence-corrected chi connectivity index (χ0v) is 17.8. The number of piperidine rings is 1. The minimum Gasteiger partial charge on any atom is -0.356 e. The predicted molar refractivity (Wildman–Crippen MR) is 114 cm³/mol. The van der Waals surface area contributed by atoms with E-state index in [0.717, 1.165) is 24.0 Å². The van der Waals surface area contributed by atoms with Crippen LogP contribution in [0.3, 0.4) is 0 Å². The van der Waals surface area contributed by atoms with Gasteiger partial charge >= 0.3 is 0 Å². The number of hydrogen-bond acceptors (Lipinski definition) is 2. The van der Waals surface area contributed by atoms with Crippen molar-refractivity contribution in [3.63, 3.8) is 0 Å². The molecule has 1 fully saturated rings. The number of aliphatic imine (C=N–C) groups is 1. The summed E-state index contributed by atoms with van der Waals surface area (Å²) >= 11 is 0. The lowest BCUT2D eigenvalue weighted by atomic mass is 9.93. The summed E-state index contributed by atoms with van der Waals surface area (Å²) < 4.78 is 13.6. The number of guanidine groups is 1. The highest BCUT2D eigenvalue weighted by atomic mass is 127. The van der Waals surface area contributed by atoms with Crippen LogP contribution in [0, 0.1) is 11.7 Å². The molecule has 1 saturated heterocycles. The van der Waals surface area contributed by atoms with E-state index in [-0.39, 0.29) is 29.8 Å². The monoisotopic (exact) mass is 462 g/mol. The van der Waals surface area contributed by atoms with Crippen molar-refractivity contribution in [3.05, 3.63) is 35.6 Å². The molecule has 6 heteroatoms. The summed E-state index contributed by atoms with van der Waals surface area (Å²) in [7, 11) is 1.78.